The van der Waals surface area contributed by atoms with Crippen molar-refractivity contribution >= 4 is 34.2 Å². The van der Waals surface area contributed by atoms with Crippen LogP contribution < -0.4 is 5.32 Å². The number of nitrogens with one attached hydrogen (secondary N) is 1. The smallest absolute Gasteiger partial charge is 0.230 e. The highest BCUT2D eigenvalue weighted by molar-refractivity contribution is 8.23. The van der Waals surface area contributed by atoms with E-state index in [0.717, 1.165) is 29.4 Å². The molecule has 1 aliphatic rings. The van der Waals surface area contributed by atoms with Gasteiger partial charge in [-0.2, -0.15) is 0 Å². The highest BCUT2D eigenvalue weighted by Gasteiger charge is 2.17. The minimum absolute atomic E-state index is 0.0272. The predicted molar refractivity (Wildman–Crippen MR) is 98.2 cm³/mol. The zero-order valence-electron chi connectivity index (χ0n) is 13.3. The van der Waals surface area contributed by atoms with Crippen molar-refractivity contribution in [3.05, 3.63) is 35.4 Å². The molecule has 5 heteroatoms. The number of nitrogens with zero attached hydrogens (tertiary/aromatic N) is 1. The van der Waals surface area contributed by atoms with Gasteiger partial charge in [0.15, 0.2) is 0 Å². The summed E-state index contributed by atoms with van der Waals surface area (Å²) in [5, 5.41) is 3.04. The molecule has 0 aromatic heterocycles. The molecule has 1 N–H and O–H groups in total. The number of amides is 1. The summed E-state index contributed by atoms with van der Waals surface area (Å²) >= 11 is 6.85. The van der Waals surface area contributed by atoms with Gasteiger partial charge >= 0.3 is 0 Å². The van der Waals surface area contributed by atoms with Gasteiger partial charge in [-0.3, -0.25) is 4.79 Å². The first-order chi connectivity index (χ1) is 10.6. The first kappa shape index (κ1) is 17.3. The third kappa shape index (κ3) is 4.99. The standard InChI is InChI=1S/C17H24N2OS2/c1-3-14-6-8-15(9-7-14)13(2)18-16(20)12-22-17(21)19-10-4-5-11-19/h6-9,13H,3-5,10-12H2,1-2H3,(H,18,20)/t13-/m0/s1. The molecule has 1 amide bonds. The van der Waals surface area contributed by atoms with Crippen LogP contribution in [0.25, 0.3) is 0 Å². The molecule has 0 spiro atoms. The van der Waals surface area contributed by atoms with Crippen LogP contribution in [0.15, 0.2) is 24.3 Å². The van der Waals surface area contributed by atoms with Gasteiger partial charge < -0.3 is 10.2 Å². The van der Waals surface area contributed by atoms with E-state index in [0.29, 0.717) is 5.75 Å². The van der Waals surface area contributed by atoms with E-state index in [1.807, 2.05) is 6.92 Å². The van der Waals surface area contributed by atoms with Crippen molar-refractivity contribution in [2.45, 2.75) is 39.2 Å². The minimum atomic E-state index is 0.0272. The Hall–Kier alpha value is -1.07. The fraction of sp³-hybridized carbons (Fsp3) is 0.529. The van der Waals surface area contributed by atoms with E-state index in [-0.39, 0.29) is 11.9 Å². The summed E-state index contributed by atoms with van der Waals surface area (Å²) in [4.78, 5) is 14.3. The Bertz CT molecular complexity index is 510. The fourth-order valence-electron chi connectivity index (χ4n) is 2.53. The molecule has 1 atom stereocenters. The average Bonchev–Trinajstić information content (AvgIpc) is 3.07. The SMILES string of the molecule is CCc1ccc([C@H](C)NC(=O)CSC(=S)N2CCCC2)cc1. The average molecular weight is 337 g/mol. The van der Waals surface area contributed by atoms with Crippen LogP contribution in [0.4, 0.5) is 0 Å². The number of thioether (sulfide) groups is 1. The lowest BCUT2D eigenvalue weighted by molar-refractivity contribution is -0.119. The summed E-state index contributed by atoms with van der Waals surface area (Å²) in [5.74, 6) is 0.436. The number of thiocarbonyl (C=S) groups is 1. The largest absolute Gasteiger partial charge is 0.358 e. The molecule has 1 heterocycles. The zero-order chi connectivity index (χ0) is 15.9. The van der Waals surface area contributed by atoms with E-state index in [9.17, 15) is 4.79 Å². The molecular weight excluding hydrogens is 312 g/mol. The quantitative estimate of drug-likeness (QED) is 0.834. The van der Waals surface area contributed by atoms with E-state index in [2.05, 4.69) is 41.4 Å². The number of aryl methyl sites for hydroxylation is 1. The van der Waals surface area contributed by atoms with Gasteiger partial charge in [0.2, 0.25) is 5.91 Å². The van der Waals surface area contributed by atoms with Crippen LogP contribution in [0.3, 0.4) is 0 Å². The molecule has 1 saturated heterocycles. The number of hydrogen-bond donors (Lipinski definition) is 1. The molecule has 1 aromatic rings. The summed E-state index contributed by atoms with van der Waals surface area (Å²) < 4.78 is 0.854. The topological polar surface area (TPSA) is 32.3 Å². The lowest BCUT2D eigenvalue weighted by Crippen LogP contribution is -2.30. The second kappa shape index (κ2) is 8.53. The van der Waals surface area contributed by atoms with Crippen LogP contribution in [0, 0.1) is 0 Å². The van der Waals surface area contributed by atoms with Gasteiger partial charge in [0.1, 0.15) is 4.32 Å². The maximum atomic E-state index is 12.1. The van der Waals surface area contributed by atoms with Crippen LogP contribution in [0.1, 0.15) is 43.9 Å². The van der Waals surface area contributed by atoms with Gasteiger partial charge in [0, 0.05) is 13.1 Å². The van der Waals surface area contributed by atoms with Crippen LogP contribution in [0.2, 0.25) is 0 Å². The van der Waals surface area contributed by atoms with E-state index < -0.39 is 0 Å². The molecule has 0 radical (unpaired) electrons. The monoisotopic (exact) mass is 336 g/mol. The lowest BCUT2D eigenvalue weighted by atomic mass is 10.1. The number of carbonyl (C=O) groups excluding carboxylic acids is 1. The maximum absolute atomic E-state index is 12.1. The highest BCUT2D eigenvalue weighted by Crippen LogP contribution is 2.17. The van der Waals surface area contributed by atoms with Gasteiger partial charge in [-0.15, -0.1) is 0 Å². The molecule has 0 unspecified atom stereocenters. The van der Waals surface area contributed by atoms with E-state index in [1.54, 1.807) is 0 Å². The van der Waals surface area contributed by atoms with Gasteiger partial charge in [0.05, 0.1) is 11.8 Å². The Morgan fingerprint density at radius 1 is 1.32 bits per heavy atom. The van der Waals surface area contributed by atoms with Crippen LogP contribution in [0.5, 0.6) is 0 Å². The Morgan fingerprint density at radius 3 is 2.55 bits per heavy atom. The zero-order valence-corrected chi connectivity index (χ0v) is 14.9. The first-order valence-electron chi connectivity index (χ1n) is 7.90. The van der Waals surface area contributed by atoms with Crippen LogP contribution in [-0.2, 0) is 11.2 Å². The Balaban J connectivity index is 1.76. The second-order valence-corrected chi connectivity index (χ2v) is 7.24. The molecule has 0 aliphatic carbocycles. The summed E-state index contributed by atoms with van der Waals surface area (Å²) in [6.45, 7) is 6.23. The number of benzene rings is 1. The van der Waals surface area contributed by atoms with Crippen molar-refractivity contribution in [3.8, 4) is 0 Å². The minimum Gasteiger partial charge on any atom is -0.358 e. The summed E-state index contributed by atoms with van der Waals surface area (Å²) in [7, 11) is 0. The molecule has 0 saturated carbocycles. The van der Waals surface area contributed by atoms with E-state index in [1.165, 1.54) is 30.2 Å². The number of rotatable bonds is 5. The van der Waals surface area contributed by atoms with Crippen LogP contribution in [-0.4, -0.2) is 34.0 Å². The number of carbonyl (C=O) groups is 1. The molecule has 0 bridgehead atoms. The van der Waals surface area contributed by atoms with E-state index in [4.69, 9.17) is 12.2 Å². The van der Waals surface area contributed by atoms with Gasteiger partial charge in [-0.05, 0) is 37.3 Å². The summed E-state index contributed by atoms with van der Waals surface area (Å²) in [5.41, 5.74) is 2.45. The molecule has 120 valence electrons. The predicted octanol–water partition coefficient (Wildman–Crippen LogP) is 3.54. The molecule has 1 aliphatic heterocycles. The molecule has 2 rings (SSSR count). The summed E-state index contributed by atoms with van der Waals surface area (Å²) in [6, 6.07) is 8.45. The molecule has 1 aromatic carbocycles. The van der Waals surface area contributed by atoms with E-state index >= 15 is 0 Å². The highest BCUT2D eigenvalue weighted by atomic mass is 32.2. The molecule has 22 heavy (non-hydrogen) atoms. The number of likely N-dealkylation sites (tertiary alicyclic amines) is 1. The molecule has 1 fully saturated rings. The van der Waals surface area contributed by atoms with Crippen molar-refractivity contribution in [2.24, 2.45) is 0 Å². The fourth-order valence-corrected chi connectivity index (χ4v) is 3.59. The lowest BCUT2D eigenvalue weighted by Gasteiger charge is -2.18. The maximum Gasteiger partial charge on any atom is 0.230 e. The van der Waals surface area contributed by atoms with Gasteiger partial charge in [-0.25, -0.2) is 0 Å². The Kier molecular flexibility index (Phi) is 6.70. The molecule has 3 nitrogen and oxygen atoms in total. The Labute approximate surface area is 142 Å². The third-order valence-corrected chi connectivity index (χ3v) is 5.48. The summed E-state index contributed by atoms with van der Waals surface area (Å²) in [6.07, 6.45) is 3.45. The normalized spacial score (nSPS) is 15.6. The first-order valence-corrected chi connectivity index (χ1v) is 9.29. The van der Waals surface area contributed by atoms with Crippen molar-refractivity contribution < 1.29 is 4.79 Å². The van der Waals surface area contributed by atoms with Gasteiger partial charge in [-0.1, -0.05) is 55.2 Å². The molecular formula is C17H24N2OS2. The third-order valence-electron chi connectivity index (χ3n) is 3.96. The second-order valence-electron chi connectivity index (χ2n) is 5.63. The van der Waals surface area contributed by atoms with Crippen molar-refractivity contribution in [1.82, 2.24) is 10.2 Å². The van der Waals surface area contributed by atoms with Crippen molar-refractivity contribution in [3.63, 3.8) is 0 Å². The van der Waals surface area contributed by atoms with Crippen molar-refractivity contribution in [2.75, 3.05) is 18.8 Å². The number of hydrogen-bond acceptors (Lipinski definition) is 3. The van der Waals surface area contributed by atoms with Crippen molar-refractivity contribution in [1.29, 1.82) is 0 Å². The van der Waals surface area contributed by atoms with Gasteiger partial charge in [0.25, 0.3) is 0 Å². The van der Waals surface area contributed by atoms with Crippen LogP contribution >= 0.6 is 24.0 Å². The Morgan fingerprint density at radius 2 is 1.95 bits per heavy atom.